The number of rotatable bonds is 2. The van der Waals surface area contributed by atoms with Crippen molar-refractivity contribution in [3.8, 4) is 17.0 Å². The number of benzene rings is 1. The molecule has 0 unspecified atom stereocenters. The molecular formula is C12H9F2NO. The second-order valence-electron chi connectivity index (χ2n) is 3.22. The standard InChI is InChI=1S/C12H9F2NO/c1-16-12-11(3-2-4-15-12)8-5-9(13)7-10(14)6-8/h2-7H,1H3. The number of methoxy groups -OCH3 is 1. The molecule has 0 aliphatic heterocycles. The summed E-state index contributed by atoms with van der Waals surface area (Å²) in [6.45, 7) is 0. The highest BCUT2D eigenvalue weighted by Gasteiger charge is 2.08. The van der Waals surface area contributed by atoms with E-state index < -0.39 is 11.6 Å². The molecule has 0 radical (unpaired) electrons. The maximum atomic E-state index is 13.0. The van der Waals surface area contributed by atoms with Gasteiger partial charge in [-0.3, -0.25) is 0 Å². The molecule has 4 heteroatoms. The third-order valence-corrected chi connectivity index (χ3v) is 2.14. The number of aromatic nitrogens is 1. The van der Waals surface area contributed by atoms with Crippen LogP contribution in [0.15, 0.2) is 36.5 Å². The lowest BCUT2D eigenvalue weighted by Gasteiger charge is -2.07. The zero-order chi connectivity index (χ0) is 11.5. The molecule has 1 heterocycles. The Kier molecular flexibility index (Phi) is 2.81. The summed E-state index contributed by atoms with van der Waals surface area (Å²) in [5, 5.41) is 0. The zero-order valence-corrected chi connectivity index (χ0v) is 8.58. The first-order valence-electron chi connectivity index (χ1n) is 4.66. The summed E-state index contributed by atoms with van der Waals surface area (Å²) in [7, 11) is 1.46. The van der Waals surface area contributed by atoms with Gasteiger partial charge in [-0.1, -0.05) is 0 Å². The Hall–Kier alpha value is -1.97. The Morgan fingerprint density at radius 3 is 2.44 bits per heavy atom. The molecule has 0 aliphatic carbocycles. The third kappa shape index (κ3) is 2.00. The number of ether oxygens (including phenoxy) is 1. The van der Waals surface area contributed by atoms with Gasteiger partial charge in [0.15, 0.2) is 0 Å². The Balaban J connectivity index is 2.58. The fraction of sp³-hybridized carbons (Fsp3) is 0.0833. The summed E-state index contributed by atoms with van der Waals surface area (Å²) in [4.78, 5) is 3.97. The Morgan fingerprint density at radius 2 is 1.81 bits per heavy atom. The number of pyridine rings is 1. The van der Waals surface area contributed by atoms with Gasteiger partial charge >= 0.3 is 0 Å². The molecule has 1 aromatic heterocycles. The van der Waals surface area contributed by atoms with Gasteiger partial charge in [-0.05, 0) is 29.8 Å². The van der Waals surface area contributed by atoms with Crippen molar-refractivity contribution in [1.29, 1.82) is 0 Å². The predicted octanol–water partition coefficient (Wildman–Crippen LogP) is 3.04. The number of hydrogen-bond donors (Lipinski definition) is 0. The van der Waals surface area contributed by atoms with Crippen LogP contribution in [-0.2, 0) is 0 Å². The van der Waals surface area contributed by atoms with Gasteiger partial charge in [-0.25, -0.2) is 13.8 Å². The predicted molar refractivity (Wildman–Crippen MR) is 56.1 cm³/mol. The first-order valence-corrected chi connectivity index (χ1v) is 4.66. The monoisotopic (exact) mass is 221 g/mol. The lowest BCUT2D eigenvalue weighted by molar-refractivity contribution is 0.399. The highest BCUT2D eigenvalue weighted by atomic mass is 19.1. The van der Waals surface area contributed by atoms with Crippen LogP contribution in [0.25, 0.3) is 11.1 Å². The quantitative estimate of drug-likeness (QED) is 0.777. The van der Waals surface area contributed by atoms with Crippen LogP contribution in [0.5, 0.6) is 5.88 Å². The van der Waals surface area contributed by atoms with E-state index in [2.05, 4.69) is 4.98 Å². The average Bonchev–Trinajstić information content (AvgIpc) is 2.27. The van der Waals surface area contributed by atoms with E-state index in [1.54, 1.807) is 18.3 Å². The van der Waals surface area contributed by atoms with E-state index in [1.807, 2.05) is 0 Å². The summed E-state index contributed by atoms with van der Waals surface area (Å²) < 4.78 is 31.1. The van der Waals surface area contributed by atoms with Crippen LogP contribution in [0.2, 0.25) is 0 Å². The zero-order valence-electron chi connectivity index (χ0n) is 8.58. The highest BCUT2D eigenvalue weighted by molar-refractivity contribution is 5.68. The van der Waals surface area contributed by atoms with Crippen molar-refractivity contribution >= 4 is 0 Å². The van der Waals surface area contributed by atoms with E-state index in [-0.39, 0.29) is 0 Å². The van der Waals surface area contributed by atoms with Gasteiger partial charge < -0.3 is 4.74 Å². The summed E-state index contributed by atoms with van der Waals surface area (Å²) in [5.41, 5.74) is 0.964. The minimum Gasteiger partial charge on any atom is -0.481 e. The Labute approximate surface area is 91.5 Å². The van der Waals surface area contributed by atoms with Crippen LogP contribution in [0.1, 0.15) is 0 Å². The molecule has 82 valence electrons. The Morgan fingerprint density at radius 1 is 1.12 bits per heavy atom. The lowest BCUT2D eigenvalue weighted by atomic mass is 10.1. The van der Waals surface area contributed by atoms with Crippen molar-refractivity contribution in [1.82, 2.24) is 4.98 Å². The average molecular weight is 221 g/mol. The molecule has 0 bridgehead atoms. The summed E-state index contributed by atoms with van der Waals surface area (Å²) in [6, 6.07) is 6.68. The highest BCUT2D eigenvalue weighted by Crippen LogP contribution is 2.28. The van der Waals surface area contributed by atoms with E-state index in [9.17, 15) is 8.78 Å². The molecule has 0 saturated carbocycles. The maximum Gasteiger partial charge on any atom is 0.221 e. The molecule has 0 spiro atoms. The summed E-state index contributed by atoms with van der Waals surface area (Å²) in [6.07, 6.45) is 1.55. The molecule has 16 heavy (non-hydrogen) atoms. The van der Waals surface area contributed by atoms with E-state index >= 15 is 0 Å². The molecule has 1 aromatic carbocycles. The SMILES string of the molecule is COc1ncccc1-c1cc(F)cc(F)c1. The van der Waals surface area contributed by atoms with Crippen LogP contribution < -0.4 is 4.74 Å². The van der Waals surface area contributed by atoms with Crippen molar-refractivity contribution < 1.29 is 13.5 Å². The molecule has 0 amide bonds. The van der Waals surface area contributed by atoms with E-state index in [0.717, 1.165) is 6.07 Å². The van der Waals surface area contributed by atoms with E-state index in [1.165, 1.54) is 19.2 Å². The van der Waals surface area contributed by atoms with Gasteiger partial charge in [0, 0.05) is 17.8 Å². The van der Waals surface area contributed by atoms with Crippen molar-refractivity contribution in [2.45, 2.75) is 0 Å². The molecule has 0 N–H and O–H groups in total. The van der Waals surface area contributed by atoms with E-state index in [4.69, 9.17) is 4.74 Å². The van der Waals surface area contributed by atoms with Gasteiger partial charge in [-0.2, -0.15) is 0 Å². The van der Waals surface area contributed by atoms with Crippen molar-refractivity contribution in [2.24, 2.45) is 0 Å². The van der Waals surface area contributed by atoms with Crippen molar-refractivity contribution in [3.05, 3.63) is 48.2 Å². The van der Waals surface area contributed by atoms with Crippen molar-refractivity contribution in [3.63, 3.8) is 0 Å². The van der Waals surface area contributed by atoms with Crippen LogP contribution in [0.4, 0.5) is 8.78 Å². The third-order valence-electron chi connectivity index (χ3n) is 2.14. The lowest BCUT2D eigenvalue weighted by Crippen LogP contribution is -1.92. The van der Waals surface area contributed by atoms with Crippen LogP contribution >= 0.6 is 0 Å². The van der Waals surface area contributed by atoms with Gasteiger partial charge in [0.05, 0.1) is 7.11 Å². The number of halogens is 2. The molecular weight excluding hydrogens is 212 g/mol. The fourth-order valence-electron chi connectivity index (χ4n) is 1.48. The molecule has 2 aromatic rings. The first-order chi connectivity index (χ1) is 7.70. The smallest absolute Gasteiger partial charge is 0.221 e. The molecule has 0 aliphatic rings. The fourth-order valence-corrected chi connectivity index (χ4v) is 1.48. The molecule has 0 fully saturated rings. The molecule has 2 nitrogen and oxygen atoms in total. The van der Waals surface area contributed by atoms with Gasteiger partial charge in [0.25, 0.3) is 0 Å². The first kappa shape index (κ1) is 10.5. The molecule has 0 atom stereocenters. The van der Waals surface area contributed by atoms with Crippen molar-refractivity contribution in [2.75, 3.05) is 7.11 Å². The van der Waals surface area contributed by atoms with Crippen LogP contribution in [-0.4, -0.2) is 12.1 Å². The largest absolute Gasteiger partial charge is 0.481 e. The van der Waals surface area contributed by atoms with E-state index in [0.29, 0.717) is 17.0 Å². The topological polar surface area (TPSA) is 22.1 Å². The molecule has 2 rings (SSSR count). The minimum absolute atomic E-state index is 0.340. The van der Waals surface area contributed by atoms with Crippen LogP contribution in [0, 0.1) is 11.6 Å². The number of nitrogens with zero attached hydrogens (tertiary/aromatic N) is 1. The van der Waals surface area contributed by atoms with Gasteiger partial charge in [0.1, 0.15) is 11.6 Å². The van der Waals surface area contributed by atoms with Gasteiger partial charge in [-0.15, -0.1) is 0 Å². The summed E-state index contributed by atoms with van der Waals surface area (Å²) >= 11 is 0. The normalized spacial score (nSPS) is 10.2. The summed E-state index contributed by atoms with van der Waals surface area (Å²) in [5.74, 6) is -0.908. The number of hydrogen-bond acceptors (Lipinski definition) is 2. The second-order valence-corrected chi connectivity index (χ2v) is 3.22. The van der Waals surface area contributed by atoms with Crippen LogP contribution in [0.3, 0.4) is 0 Å². The second kappa shape index (κ2) is 4.26. The van der Waals surface area contributed by atoms with Gasteiger partial charge in [0.2, 0.25) is 5.88 Å². The molecule has 0 saturated heterocycles. The Bertz CT molecular complexity index is 494. The minimum atomic E-state index is -0.624. The maximum absolute atomic E-state index is 13.0.